The third-order valence-electron chi connectivity index (χ3n) is 3.84. The normalized spacial score (nSPS) is 20.3. The Morgan fingerprint density at radius 2 is 2.17 bits per heavy atom. The van der Waals surface area contributed by atoms with Crippen LogP contribution in [0, 0.1) is 5.82 Å². The van der Waals surface area contributed by atoms with E-state index < -0.39 is 18.0 Å². The van der Waals surface area contributed by atoms with Gasteiger partial charge in [0.25, 0.3) is 0 Å². The number of amides is 3. The number of halogens is 1. The lowest BCUT2D eigenvalue weighted by molar-refractivity contribution is -0.122. The molecule has 0 saturated carbocycles. The number of rotatable bonds is 4. The lowest BCUT2D eigenvalue weighted by atomic mass is 10.1. The van der Waals surface area contributed by atoms with Crippen molar-refractivity contribution in [2.24, 2.45) is 0 Å². The maximum Gasteiger partial charge on any atom is 0.414 e. The van der Waals surface area contributed by atoms with Crippen LogP contribution in [0.15, 0.2) is 18.2 Å². The van der Waals surface area contributed by atoms with Crippen molar-refractivity contribution in [3.05, 3.63) is 24.0 Å². The predicted octanol–water partition coefficient (Wildman–Crippen LogP) is 1.02. The molecule has 1 aromatic rings. The molecule has 8 heteroatoms. The summed E-state index contributed by atoms with van der Waals surface area (Å²) < 4.78 is 19.3. The van der Waals surface area contributed by atoms with Crippen molar-refractivity contribution in [2.45, 2.75) is 19.4 Å². The molecule has 2 aliphatic rings. The Balaban J connectivity index is 1.72. The number of hydrogen-bond acceptors (Lipinski definition) is 4. The molecule has 2 saturated heterocycles. The number of carbonyl (C=O) groups excluding carboxylic acids is 3. The third kappa shape index (κ3) is 2.96. The predicted molar refractivity (Wildman–Crippen MR) is 79.7 cm³/mol. The maximum atomic E-state index is 14.2. The first-order chi connectivity index (χ1) is 11.0. The molecule has 122 valence electrons. The van der Waals surface area contributed by atoms with Gasteiger partial charge < -0.3 is 15.0 Å². The molecule has 0 radical (unpaired) electrons. The van der Waals surface area contributed by atoms with Crippen molar-refractivity contribution < 1.29 is 23.5 Å². The zero-order chi connectivity index (χ0) is 16.6. The van der Waals surface area contributed by atoms with Crippen LogP contribution in [0.25, 0.3) is 0 Å². The molecule has 1 N–H and O–H groups in total. The average Bonchev–Trinajstić information content (AvgIpc) is 2.86. The number of benzene rings is 1. The maximum absolute atomic E-state index is 14.2. The SMILES string of the molecule is CC(=O)NC[C@H]1CN(c2ccc(N3CCC3=O)c(F)c2)C(=O)O1. The molecular weight excluding hydrogens is 305 g/mol. The van der Waals surface area contributed by atoms with Crippen molar-refractivity contribution in [2.75, 3.05) is 29.4 Å². The van der Waals surface area contributed by atoms with Gasteiger partial charge in [0.1, 0.15) is 11.9 Å². The number of carbonyl (C=O) groups is 3. The Morgan fingerprint density at radius 1 is 1.39 bits per heavy atom. The van der Waals surface area contributed by atoms with E-state index >= 15 is 0 Å². The number of nitrogens with one attached hydrogen (secondary N) is 1. The number of ether oxygens (including phenoxy) is 1. The van der Waals surface area contributed by atoms with Gasteiger partial charge in [0.05, 0.1) is 24.5 Å². The van der Waals surface area contributed by atoms with Crippen molar-refractivity contribution in [3.63, 3.8) is 0 Å². The molecule has 7 nitrogen and oxygen atoms in total. The molecule has 23 heavy (non-hydrogen) atoms. The van der Waals surface area contributed by atoms with E-state index in [9.17, 15) is 18.8 Å². The Morgan fingerprint density at radius 3 is 2.74 bits per heavy atom. The second-order valence-corrected chi connectivity index (χ2v) is 5.48. The van der Waals surface area contributed by atoms with Gasteiger partial charge in [0.2, 0.25) is 11.8 Å². The fourth-order valence-electron chi connectivity index (χ4n) is 2.55. The molecule has 3 amide bonds. The van der Waals surface area contributed by atoms with Crippen LogP contribution in [-0.4, -0.2) is 43.6 Å². The van der Waals surface area contributed by atoms with Gasteiger partial charge in [-0.05, 0) is 18.2 Å². The zero-order valence-corrected chi connectivity index (χ0v) is 12.5. The second kappa shape index (κ2) is 5.86. The fourth-order valence-corrected chi connectivity index (χ4v) is 2.55. The van der Waals surface area contributed by atoms with Crippen molar-refractivity contribution in [1.29, 1.82) is 0 Å². The van der Waals surface area contributed by atoms with Crippen LogP contribution in [0.1, 0.15) is 13.3 Å². The Kier molecular flexibility index (Phi) is 3.89. The molecule has 0 unspecified atom stereocenters. The molecular formula is C15H16FN3O4. The van der Waals surface area contributed by atoms with Gasteiger partial charge in [-0.1, -0.05) is 0 Å². The van der Waals surface area contributed by atoms with Crippen LogP contribution in [0.3, 0.4) is 0 Å². The van der Waals surface area contributed by atoms with Crippen LogP contribution >= 0.6 is 0 Å². The number of cyclic esters (lactones) is 1. The van der Waals surface area contributed by atoms with E-state index in [1.54, 1.807) is 6.07 Å². The summed E-state index contributed by atoms with van der Waals surface area (Å²) in [5.74, 6) is -0.893. The van der Waals surface area contributed by atoms with Gasteiger partial charge in [0.15, 0.2) is 0 Å². The summed E-state index contributed by atoms with van der Waals surface area (Å²) in [4.78, 5) is 36.8. The smallest absolute Gasteiger partial charge is 0.414 e. The molecule has 1 atom stereocenters. The van der Waals surface area contributed by atoms with Gasteiger partial charge >= 0.3 is 6.09 Å². The van der Waals surface area contributed by atoms with Crippen LogP contribution in [-0.2, 0) is 14.3 Å². The highest BCUT2D eigenvalue weighted by atomic mass is 19.1. The average molecular weight is 321 g/mol. The third-order valence-corrected chi connectivity index (χ3v) is 3.84. The number of β-lactam (4-membered cyclic amide) rings is 1. The van der Waals surface area contributed by atoms with Crippen LogP contribution in [0.5, 0.6) is 0 Å². The summed E-state index contributed by atoms with van der Waals surface area (Å²) in [5, 5.41) is 2.57. The molecule has 0 aliphatic carbocycles. The molecule has 2 aliphatic heterocycles. The lowest BCUT2D eigenvalue weighted by Gasteiger charge is -2.31. The van der Waals surface area contributed by atoms with Gasteiger partial charge in [0, 0.05) is 19.9 Å². The molecule has 1 aromatic carbocycles. The van der Waals surface area contributed by atoms with Crippen molar-refractivity contribution in [1.82, 2.24) is 5.32 Å². The van der Waals surface area contributed by atoms with E-state index in [1.807, 2.05) is 0 Å². The fraction of sp³-hybridized carbons (Fsp3) is 0.400. The minimum atomic E-state index is -0.590. The van der Waals surface area contributed by atoms with Crippen molar-refractivity contribution >= 4 is 29.3 Å². The molecule has 0 spiro atoms. The highest BCUT2D eigenvalue weighted by molar-refractivity contribution is 6.00. The first-order valence-corrected chi connectivity index (χ1v) is 7.28. The minimum Gasteiger partial charge on any atom is -0.442 e. The van der Waals surface area contributed by atoms with Crippen LogP contribution in [0.4, 0.5) is 20.6 Å². The van der Waals surface area contributed by atoms with Gasteiger partial charge in [-0.25, -0.2) is 9.18 Å². The van der Waals surface area contributed by atoms with Crippen LogP contribution < -0.4 is 15.1 Å². The summed E-state index contributed by atoms with van der Waals surface area (Å²) in [6, 6.07) is 4.27. The minimum absolute atomic E-state index is 0.118. The highest BCUT2D eigenvalue weighted by Crippen LogP contribution is 2.30. The summed E-state index contributed by atoms with van der Waals surface area (Å²) in [6.07, 6.45) is -0.650. The molecule has 2 fully saturated rings. The topological polar surface area (TPSA) is 79.0 Å². The quantitative estimate of drug-likeness (QED) is 0.840. The Labute approximate surface area is 132 Å². The molecule has 0 aromatic heterocycles. The van der Waals surface area contributed by atoms with E-state index in [1.165, 1.54) is 28.9 Å². The van der Waals surface area contributed by atoms with E-state index in [4.69, 9.17) is 4.74 Å². The van der Waals surface area contributed by atoms with Crippen LogP contribution in [0.2, 0.25) is 0 Å². The van der Waals surface area contributed by atoms with Gasteiger partial charge in [-0.3, -0.25) is 14.5 Å². The first kappa shape index (κ1) is 15.3. The monoisotopic (exact) mass is 321 g/mol. The van der Waals surface area contributed by atoms with E-state index in [0.29, 0.717) is 18.7 Å². The van der Waals surface area contributed by atoms with Gasteiger partial charge in [-0.2, -0.15) is 0 Å². The second-order valence-electron chi connectivity index (χ2n) is 5.48. The standard InChI is InChI=1S/C15H16FN3O4/c1-9(20)17-7-11-8-19(15(22)23-11)10-2-3-13(12(16)6-10)18-5-4-14(18)21/h2-3,6,11H,4-5,7-8H2,1H3,(H,17,20)/t11-/m0/s1. The van der Waals surface area contributed by atoms with E-state index in [-0.39, 0.29) is 30.6 Å². The molecule has 3 rings (SSSR count). The number of hydrogen-bond donors (Lipinski definition) is 1. The molecule has 0 bridgehead atoms. The lowest BCUT2D eigenvalue weighted by Crippen LogP contribution is -2.43. The van der Waals surface area contributed by atoms with Gasteiger partial charge in [-0.15, -0.1) is 0 Å². The van der Waals surface area contributed by atoms with E-state index in [2.05, 4.69) is 5.32 Å². The Hall–Kier alpha value is -2.64. The summed E-state index contributed by atoms with van der Waals surface area (Å²) in [5.41, 5.74) is 0.571. The van der Waals surface area contributed by atoms with Crippen molar-refractivity contribution in [3.8, 4) is 0 Å². The summed E-state index contributed by atoms with van der Waals surface area (Å²) in [6.45, 7) is 2.31. The highest BCUT2D eigenvalue weighted by Gasteiger charge is 2.33. The Bertz CT molecular complexity index is 679. The number of anilines is 2. The summed E-state index contributed by atoms with van der Waals surface area (Å²) >= 11 is 0. The zero-order valence-electron chi connectivity index (χ0n) is 12.5. The first-order valence-electron chi connectivity index (χ1n) is 7.28. The molecule has 2 heterocycles. The summed E-state index contributed by atoms with van der Waals surface area (Å²) in [7, 11) is 0. The van der Waals surface area contributed by atoms with E-state index in [0.717, 1.165) is 0 Å². The largest absolute Gasteiger partial charge is 0.442 e. The number of nitrogens with zero attached hydrogens (tertiary/aromatic N) is 2.